The van der Waals surface area contributed by atoms with Crippen LogP contribution in [-0.4, -0.2) is 25.0 Å². The largest absolute Gasteiger partial charge is 0.373 e. The Morgan fingerprint density at radius 2 is 2.00 bits per heavy atom. The summed E-state index contributed by atoms with van der Waals surface area (Å²) >= 11 is 0. The van der Waals surface area contributed by atoms with Crippen molar-refractivity contribution in [2.75, 3.05) is 24.3 Å². The van der Waals surface area contributed by atoms with Gasteiger partial charge in [-0.25, -0.2) is 9.37 Å². The number of rotatable bonds is 3. The van der Waals surface area contributed by atoms with Gasteiger partial charge in [0.2, 0.25) is 0 Å². The number of nitrogens with zero attached hydrogens (tertiary/aromatic N) is 2. The van der Waals surface area contributed by atoms with E-state index in [4.69, 9.17) is 0 Å². The van der Waals surface area contributed by atoms with Gasteiger partial charge in [-0.3, -0.25) is 4.79 Å². The Kier molecular flexibility index (Phi) is 3.75. The monoisotopic (exact) mass is 259 g/mol. The fraction of sp³-hybridized carbons (Fsp3) is 0.143. The summed E-state index contributed by atoms with van der Waals surface area (Å²) in [5.74, 6) is -0.0599. The molecule has 1 aromatic carbocycles. The molecule has 0 saturated carbocycles. The number of benzene rings is 1. The third-order valence-corrected chi connectivity index (χ3v) is 2.72. The van der Waals surface area contributed by atoms with Crippen molar-refractivity contribution in [3.63, 3.8) is 0 Å². The second kappa shape index (κ2) is 5.48. The van der Waals surface area contributed by atoms with Gasteiger partial charge in [-0.15, -0.1) is 0 Å². The molecule has 4 nitrogen and oxygen atoms in total. The maximum Gasteiger partial charge on any atom is 0.276 e. The summed E-state index contributed by atoms with van der Waals surface area (Å²) in [6.45, 7) is 0. The van der Waals surface area contributed by atoms with E-state index in [1.807, 2.05) is 0 Å². The molecule has 0 aliphatic rings. The molecule has 2 aromatic rings. The predicted molar refractivity (Wildman–Crippen MR) is 72.9 cm³/mol. The number of pyridine rings is 1. The third-order valence-electron chi connectivity index (χ3n) is 2.72. The number of hydrogen-bond acceptors (Lipinski definition) is 3. The Balaban J connectivity index is 2.28. The van der Waals surface area contributed by atoms with Gasteiger partial charge in [-0.1, -0.05) is 12.1 Å². The maximum atomic E-state index is 13.1. The van der Waals surface area contributed by atoms with Gasteiger partial charge in [0.05, 0.1) is 0 Å². The Bertz CT molecular complexity index is 601. The van der Waals surface area contributed by atoms with Crippen molar-refractivity contribution >= 4 is 17.4 Å². The van der Waals surface area contributed by atoms with Gasteiger partial charge in [-0.05, 0) is 30.3 Å². The molecule has 0 aliphatic heterocycles. The Morgan fingerprint density at radius 1 is 1.26 bits per heavy atom. The first-order chi connectivity index (χ1) is 9.11. The number of nitrogens with one attached hydrogen (secondary N) is 1. The minimum absolute atomic E-state index is 0.289. The lowest BCUT2D eigenvalue weighted by Crippen LogP contribution is -2.27. The minimum atomic E-state index is -0.380. The van der Waals surface area contributed by atoms with Crippen molar-refractivity contribution < 1.29 is 9.18 Å². The van der Waals surface area contributed by atoms with Crippen molar-refractivity contribution in [3.05, 3.63) is 54.0 Å². The molecule has 0 atom stereocenters. The van der Waals surface area contributed by atoms with Crippen LogP contribution in [0.5, 0.6) is 0 Å². The molecule has 1 N–H and O–H groups in total. The third kappa shape index (κ3) is 2.88. The molecule has 0 fully saturated rings. The zero-order chi connectivity index (χ0) is 13.8. The van der Waals surface area contributed by atoms with Crippen LogP contribution in [-0.2, 0) is 0 Å². The molecule has 19 heavy (non-hydrogen) atoms. The van der Waals surface area contributed by atoms with Crippen LogP contribution in [0.1, 0.15) is 10.5 Å². The molecule has 0 saturated heterocycles. The van der Waals surface area contributed by atoms with Crippen LogP contribution in [0.3, 0.4) is 0 Å². The summed E-state index contributed by atoms with van der Waals surface area (Å²) in [7, 11) is 3.32. The summed E-state index contributed by atoms with van der Waals surface area (Å²) in [5.41, 5.74) is 0.792. The Hall–Kier alpha value is -2.43. The van der Waals surface area contributed by atoms with Crippen molar-refractivity contribution in [1.29, 1.82) is 0 Å². The van der Waals surface area contributed by atoms with Gasteiger partial charge in [0.25, 0.3) is 5.91 Å². The molecule has 0 spiro atoms. The van der Waals surface area contributed by atoms with Gasteiger partial charge in [0.1, 0.15) is 17.3 Å². The zero-order valence-electron chi connectivity index (χ0n) is 10.7. The highest BCUT2D eigenvalue weighted by Gasteiger charge is 2.15. The quantitative estimate of drug-likeness (QED) is 0.921. The van der Waals surface area contributed by atoms with Crippen LogP contribution in [0, 0.1) is 5.82 Å². The van der Waals surface area contributed by atoms with Gasteiger partial charge < -0.3 is 10.2 Å². The summed E-state index contributed by atoms with van der Waals surface area (Å²) in [6.07, 6.45) is 0. The zero-order valence-corrected chi connectivity index (χ0v) is 10.7. The first-order valence-corrected chi connectivity index (χ1v) is 5.80. The fourth-order valence-corrected chi connectivity index (χ4v) is 1.67. The highest BCUT2D eigenvalue weighted by molar-refractivity contribution is 6.04. The smallest absolute Gasteiger partial charge is 0.276 e. The van der Waals surface area contributed by atoms with E-state index in [1.54, 1.807) is 44.4 Å². The second-order valence-corrected chi connectivity index (χ2v) is 4.00. The Labute approximate surface area is 110 Å². The first kappa shape index (κ1) is 13.0. The molecular formula is C14H14FN3O. The molecule has 0 radical (unpaired) electrons. The van der Waals surface area contributed by atoms with Gasteiger partial charge in [0, 0.05) is 19.8 Å². The van der Waals surface area contributed by atoms with E-state index in [9.17, 15) is 9.18 Å². The van der Waals surface area contributed by atoms with Crippen LogP contribution < -0.4 is 10.2 Å². The molecule has 0 unspecified atom stereocenters. The second-order valence-electron chi connectivity index (χ2n) is 4.00. The SMILES string of the molecule is CNc1cccc(C(=O)N(C)c2cccc(F)c2)n1. The van der Waals surface area contributed by atoms with Gasteiger partial charge in [-0.2, -0.15) is 0 Å². The van der Waals surface area contributed by atoms with Crippen LogP contribution >= 0.6 is 0 Å². The number of amides is 1. The lowest BCUT2D eigenvalue weighted by Gasteiger charge is -2.17. The van der Waals surface area contributed by atoms with Crippen molar-refractivity contribution in [3.8, 4) is 0 Å². The van der Waals surface area contributed by atoms with Crippen molar-refractivity contribution in [1.82, 2.24) is 4.98 Å². The maximum absolute atomic E-state index is 13.1. The van der Waals surface area contributed by atoms with E-state index in [-0.39, 0.29) is 11.7 Å². The lowest BCUT2D eigenvalue weighted by molar-refractivity contribution is 0.0988. The molecule has 1 heterocycles. The van der Waals surface area contributed by atoms with Crippen LogP contribution in [0.25, 0.3) is 0 Å². The summed E-state index contributed by atoms with van der Waals surface area (Å²) in [4.78, 5) is 17.8. The molecule has 1 amide bonds. The number of aromatic nitrogens is 1. The lowest BCUT2D eigenvalue weighted by atomic mass is 10.2. The van der Waals surface area contributed by atoms with Crippen molar-refractivity contribution in [2.45, 2.75) is 0 Å². The molecule has 0 aliphatic carbocycles. The predicted octanol–water partition coefficient (Wildman–Crippen LogP) is 2.54. The number of hydrogen-bond donors (Lipinski definition) is 1. The van der Waals surface area contributed by atoms with Gasteiger partial charge >= 0.3 is 0 Å². The summed E-state index contributed by atoms with van der Waals surface area (Å²) < 4.78 is 13.1. The van der Waals surface area contributed by atoms with E-state index < -0.39 is 0 Å². The summed E-state index contributed by atoms with van der Waals surface area (Å²) in [6, 6.07) is 11.0. The van der Waals surface area contributed by atoms with E-state index in [0.717, 1.165) is 0 Å². The van der Waals surface area contributed by atoms with Gasteiger partial charge in [0.15, 0.2) is 0 Å². The molecule has 98 valence electrons. The van der Waals surface area contributed by atoms with E-state index in [1.165, 1.54) is 17.0 Å². The first-order valence-electron chi connectivity index (χ1n) is 5.80. The molecule has 1 aromatic heterocycles. The number of halogens is 1. The number of anilines is 2. The molecule has 2 rings (SSSR count). The van der Waals surface area contributed by atoms with Crippen LogP contribution in [0.2, 0.25) is 0 Å². The highest BCUT2D eigenvalue weighted by Crippen LogP contribution is 2.16. The standard InChI is InChI=1S/C14H14FN3O/c1-16-13-8-4-7-12(17-13)14(19)18(2)11-6-3-5-10(15)9-11/h3-9H,1-2H3,(H,16,17). The van der Waals surface area contributed by atoms with E-state index >= 15 is 0 Å². The molecule has 5 heteroatoms. The average molecular weight is 259 g/mol. The number of carbonyl (C=O) groups is 1. The average Bonchev–Trinajstić information content (AvgIpc) is 2.45. The minimum Gasteiger partial charge on any atom is -0.373 e. The topological polar surface area (TPSA) is 45.2 Å². The summed E-state index contributed by atoms with van der Waals surface area (Å²) in [5, 5.41) is 2.87. The molecule has 0 bridgehead atoms. The normalized spacial score (nSPS) is 10.1. The van der Waals surface area contributed by atoms with Crippen LogP contribution in [0.4, 0.5) is 15.9 Å². The fourth-order valence-electron chi connectivity index (χ4n) is 1.67. The van der Waals surface area contributed by atoms with Crippen LogP contribution in [0.15, 0.2) is 42.5 Å². The number of carbonyl (C=O) groups excluding carboxylic acids is 1. The highest BCUT2D eigenvalue weighted by atomic mass is 19.1. The van der Waals surface area contributed by atoms with E-state index in [0.29, 0.717) is 17.2 Å². The Morgan fingerprint density at radius 3 is 2.68 bits per heavy atom. The molecular weight excluding hydrogens is 245 g/mol. The van der Waals surface area contributed by atoms with Crippen molar-refractivity contribution in [2.24, 2.45) is 0 Å². The van der Waals surface area contributed by atoms with E-state index in [2.05, 4.69) is 10.3 Å².